The standard InChI is InChI=1S/C19H25N3O3S2/c1-14-8-9-15(12-18(14)27(24,25)21(2)3)20-13-19(23)22-10-4-6-16(22)17-7-5-11-26-17/h5,7-9,11-12,16,20H,4,6,10,13H2,1-3H3/t16-/m0/s1. The van der Waals surface area contributed by atoms with E-state index < -0.39 is 10.0 Å². The summed E-state index contributed by atoms with van der Waals surface area (Å²) in [6.45, 7) is 2.67. The van der Waals surface area contributed by atoms with E-state index in [1.165, 1.54) is 23.3 Å². The molecule has 2 aromatic rings. The summed E-state index contributed by atoms with van der Waals surface area (Å²) in [6.07, 6.45) is 1.99. The van der Waals surface area contributed by atoms with Crippen molar-refractivity contribution in [2.24, 2.45) is 0 Å². The van der Waals surface area contributed by atoms with Crippen LogP contribution in [-0.4, -0.2) is 50.7 Å². The lowest BCUT2D eigenvalue weighted by atomic mass is 10.2. The number of anilines is 1. The summed E-state index contributed by atoms with van der Waals surface area (Å²) in [5.41, 5.74) is 1.30. The second-order valence-electron chi connectivity index (χ2n) is 6.88. The predicted molar refractivity (Wildman–Crippen MR) is 109 cm³/mol. The number of rotatable bonds is 6. The van der Waals surface area contributed by atoms with Gasteiger partial charge in [-0.3, -0.25) is 4.79 Å². The molecule has 3 rings (SSSR count). The van der Waals surface area contributed by atoms with E-state index in [0.29, 0.717) is 11.3 Å². The Morgan fingerprint density at radius 3 is 2.78 bits per heavy atom. The van der Waals surface area contributed by atoms with Crippen molar-refractivity contribution in [2.45, 2.75) is 30.7 Å². The Bertz CT molecular complexity index is 908. The van der Waals surface area contributed by atoms with E-state index in [1.807, 2.05) is 16.3 Å². The number of sulfonamides is 1. The van der Waals surface area contributed by atoms with Crippen molar-refractivity contribution in [1.82, 2.24) is 9.21 Å². The van der Waals surface area contributed by atoms with Gasteiger partial charge in [0.15, 0.2) is 0 Å². The molecule has 0 aliphatic carbocycles. The van der Waals surface area contributed by atoms with E-state index >= 15 is 0 Å². The second kappa shape index (κ2) is 8.00. The maximum absolute atomic E-state index is 12.7. The van der Waals surface area contributed by atoms with Gasteiger partial charge in [-0.1, -0.05) is 12.1 Å². The minimum Gasteiger partial charge on any atom is -0.376 e. The average molecular weight is 408 g/mol. The van der Waals surface area contributed by atoms with Crippen LogP contribution in [0.15, 0.2) is 40.6 Å². The first kappa shape index (κ1) is 19.9. The summed E-state index contributed by atoms with van der Waals surface area (Å²) in [5.74, 6) is 0.0310. The summed E-state index contributed by atoms with van der Waals surface area (Å²) in [4.78, 5) is 16.1. The normalized spacial score (nSPS) is 17.5. The molecule has 6 nitrogen and oxygen atoms in total. The highest BCUT2D eigenvalue weighted by molar-refractivity contribution is 7.89. The molecule has 0 bridgehead atoms. The molecule has 8 heteroatoms. The first-order valence-corrected chi connectivity index (χ1v) is 11.2. The van der Waals surface area contributed by atoms with Crippen molar-refractivity contribution < 1.29 is 13.2 Å². The SMILES string of the molecule is Cc1ccc(NCC(=O)N2CCC[C@H]2c2cccs2)cc1S(=O)(=O)N(C)C. The van der Waals surface area contributed by atoms with Gasteiger partial charge in [-0.15, -0.1) is 11.3 Å². The number of aryl methyl sites for hydroxylation is 1. The number of amides is 1. The van der Waals surface area contributed by atoms with Crippen LogP contribution < -0.4 is 5.32 Å². The van der Waals surface area contributed by atoms with Gasteiger partial charge in [-0.05, 0) is 48.9 Å². The van der Waals surface area contributed by atoms with Crippen LogP contribution in [0.1, 0.15) is 29.3 Å². The van der Waals surface area contributed by atoms with Gasteiger partial charge < -0.3 is 10.2 Å². The number of hydrogen-bond acceptors (Lipinski definition) is 5. The lowest BCUT2D eigenvalue weighted by Crippen LogP contribution is -2.34. The third-order valence-electron chi connectivity index (χ3n) is 4.84. The third-order valence-corrected chi connectivity index (χ3v) is 7.77. The zero-order valence-electron chi connectivity index (χ0n) is 15.8. The molecule has 27 heavy (non-hydrogen) atoms. The molecule has 2 heterocycles. The molecule has 0 spiro atoms. The highest BCUT2D eigenvalue weighted by Gasteiger charge is 2.30. The lowest BCUT2D eigenvalue weighted by Gasteiger charge is -2.24. The topological polar surface area (TPSA) is 69.7 Å². The van der Waals surface area contributed by atoms with Crippen LogP contribution in [-0.2, 0) is 14.8 Å². The van der Waals surface area contributed by atoms with Gasteiger partial charge in [-0.2, -0.15) is 0 Å². The second-order valence-corrected chi connectivity index (χ2v) is 9.98. The van der Waals surface area contributed by atoms with Gasteiger partial charge in [0.25, 0.3) is 0 Å². The zero-order chi connectivity index (χ0) is 19.6. The largest absolute Gasteiger partial charge is 0.376 e. The summed E-state index contributed by atoms with van der Waals surface area (Å²) in [6, 6.07) is 9.40. The van der Waals surface area contributed by atoms with Gasteiger partial charge in [0.05, 0.1) is 17.5 Å². The van der Waals surface area contributed by atoms with Crippen LogP contribution in [0.2, 0.25) is 0 Å². The Morgan fingerprint density at radius 2 is 2.11 bits per heavy atom. The Balaban J connectivity index is 1.71. The molecule has 146 valence electrons. The third kappa shape index (κ3) is 4.17. The van der Waals surface area contributed by atoms with E-state index in [1.54, 1.807) is 36.5 Å². The fourth-order valence-corrected chi connectivity index (χ4v) is 5.32. The van der Waals surface area contributed by atoms with Crippen LogP contribution >= 0.6 is 11.3 Å². The number of carbonyl (C=O) groups excluding carboxylic acids is 1. The van der Waals surface area contributed by atoms with Crippen molar-refractivity contribution in [3.63, 3.8) is 0 Å². The Labute approximate surface area is 164 Å². The maximum atomic E-state index is 12.7. The van der Waals surface area contributed by atoms with E-state index in [-0.39, 0.29) is 23.4 Å². The molecule has 1 aliphatic rings. The summed E-state index contributed by atoms with van der Waals surface area (Å²) >= 11 is 1.68. The lowest BCUT2D eigenvalue weighted by molar-refractivity contribution is -0.130. The zero-order valence-corrected chi connectivity index (χ0v) is 17.4. The van der Waals surface area contributed by atoms with Crippen molar-refractivity contribution in [3.8, 4) is 0 Å². The van der Waals surface area contributed by atoms with Crippen molar-refractivity contribution in [1.29, 1.82) is 0 Å². The van der Waals surface area contributed by atoms with Crippen LogP contribution in [0.4, 0.5) is 5.69 Å². The molecule has 1 N–H and O–H groups in total. The molecule has 1 aromatic heterocycles. The van der Waals surface area contributed by atoms with Gasteiger partial charge >= 0.3 is 0 Å². The number of nitrogens with zero attached hydrogens (tertiary/aromatic N) is 2. The fourth-order valence-electron chi connectivity index (χ4n) is 3.31. The molecule has 0 unspecified atom stereocenters. The highest BCUT2D eigenvalue weighted by atomic mass is 32.2. The van der Waals surface area contributed by atoms with Gasteiger partial charge in [0, 0.05) is 31.2 Å². The van der Waals surface area contributed by atoms with Crippen LogP contribution in [0, 0.1) is 6.92 Å². The summed E-state index contributed by atoms with van der Waals surface area (Å²) in [7, 11) is -0.502. The number of carbonyl (C=O) groups is 1. The molecule has 1 aromatic carbocycles. The molecule has 0 radical (unpaired) electrons. The van der Waals surface area contributed by atoms with Crippen LogP contribution in [0.5, 0.6) is 0 Å². The molecule has 1 aliphatic heterocycles. The molecule has 1 amide bonds. The Kier molecular flexibility index (Phi) is 5.88. The molecule has 0 saturated carbocycles. The van der Waals surface area contributed by atoms with E-state index in [2.05, 4.69) is 11.4 Å². The van der Waals surface area contributed by atoms with E-state index in [9.17, 15) is 13.2 Å². The molecule has 1 saturated heterocycles. The van der Waals surface area contributed by atoms with Gasteiger partial charge in [-0.25, -0.2) is 12.7 Å². The quantitative estimate of drug-likeness (QED) is 0.799. The van der Waals surface area contributed by atoms with Gasteiger partial charge in [0.2, 0.25) is 15.9 Å². The minimum atomic E-state index is -3.52. The molecular formula is C19H25N3O3S2. The first-order valence-electron chi connectivity index (χ1n) is 8.90. The van der Waals surface area contributed by atoms with E-state index in [4.69, 9.17) is 0 Å². The maximum Gasteiger partial charge on any atom is 0.242 e. The van der Waals surface area contributed by atoms with Crippen LogP contribution in [0.25, 0.3) is 0 Å². The Morgan fingerprint density at radius 1 is 1.33 bits per heavy atom. The minimum absolute atomic E-state index is 0.0310. The number of thiophene rings is 1. The van der Waals surface area contributed by atoms with Gasteiger partial charge in [0.1, 0.15) is 0 Å². The molecule has 1 fully saturated rings. The fraction of sp³-hybridized carbons (Fsp3) is 0.421. The highest BCUT2D eigenvalue weighted by Crippen LogP contribution is 2.34. The van der Waals surface area contributed by atoms with E-state index in [0.717, 1.165) is 19.4 Å². The number of nitrogens with one attached hydrogen (secondary N) is 1. The number of hydrogen-bond donors (Lipinski definition) is 1. The summed E-state index contributed by atoms with van der Waals surface area (Å²) < 4.78 is 26.1. The first-order chi connectivity index (χ1) is 12.8. The van der Waals surface area contributed by atoms with Crippen LogP contribution in [0.3, 0.4) is 0 Å². The van der Waals surface area contributed by atoms with Crippen molar-refractivity contribution in [2.75, 3.05) is 32.5 Å². The number of likely N-dealkylation sites (tertiary alicyclic amines) is 1. The van der Waals surface area contributed by atoms with Crippen molar-refractivity contribution in [3.05, 3.63) is 46.2 Å². The monoisotopic (exact) mass is 407 g/mol. The number of benzene rings is 1. The Hall–Kier alpha value is -1.90. The molecular weight excluding hydrogens is 382 g/mol. The average Bonchev–Trinajstić information content (AvgIpc) is 3.31. The summed E-state index contributed by atoms with van der Waals surface area (Å²) in [5, 5.41) is 5.13. The predicted octanol–water partition coefficient (Wildman–Crippen LogP) is 3.08. The molecule has 1 atom stereocenters. The van der Waals surface area contributed by atoms with Crippen molar-refractivity contribution >= 4 is 33.0 Å². The smallest absolute Gasteiger partial charge is 0.242 e.